The fourth-order valence-electron chi connectivity index (χ4n) is 2.78. The Labute approximate surface area is 137 Å². The largest absolute Gasteiger partial charge is 0.442 e. The molecule has 0 atom stereocenters. The summed E-state index contributed by atoms with van der Waals surface area (Å²) in [4.78, 5) is 32.7. The van der Waals surface area contributed by atoms with E-state index in [4.69, 9.17) is 0 Å². The summed E-state index contributed by atoms with van der Waals surface area (Å²) in [7, 11) is 0. The second-order valence-electron chi connectivity index (χ2n) is 5.38. The lowest BCUT2D eigenvalue weighted by Gasteiger charge is -2.06. The summed E-state index contributed by atoms with van der Waals surface area (Å²) in [6, 6.07) is 3.48. The van der Waals surface area contributed by atoms with Gasteiger partial charge in [-0.05, 0) is 32.9 Å². The molecule has 8 heteroatoms. The van der Waals surface area contributed by atoms with Crippen LogP contribution in [0.15, 0.2) is 33.8 Å². The molecular formula is C16H17N5O3. The molecule has 0 unspecified atom stereocenters. The van der Waals surface area contributed by atoms with Crippen LogP contribution in [-0.2, 0) is 13.1 Å². The number of carbonyl (C=O) groups is 1. The van der Waals surface area contributed by atoms with Crippen molar-refractivity contribution in [3.63, 3.8) is 0 Å². The molecule has 0 spiro atoms. The van der Waals surface area contributed by atoms with Crippen molar-refractivity contribution in [1.29, 1.82) is 0 Å². The molecule has 0 N–H and O–H groups in total. The normalized spacial score (nSPS) is 11.0. The highest BCUT2D eigenvalue weighted by molar-refractivity contribution is 5.97. The highest BCUT2D eigenvalue weighted by atomic mass is 16.5. The van der Waals surface area contributed by atoms with Gasteiger partial charge < -0.3 is 4.57 Å². The van der Waals surface area contributed by atoms with E-state index in [-0.39, 0.29) is 24.0 Å². The van der Waals surface area contributed by atoms with E-state index in [0.717, 1.165) is 22.5 Å². The van der Waals surface area contributed by atoms with Gasteiger partial charge in [0.15, 0.2) is 11.6 Å². The first kappa shape index (κ1) is 15.9. The Morgan fingerprint density at radius 3 is 2.54 bits per heavy atom. The summed E-state index contributed by atoms with van der Waals surface area (Å²) in [6.45, 7) is 6.46. The van der Waals surface area contributed by atoms with Crippen LogP contribution < -0.4 is 5.76 Å². The molecule has 0 saturated heterocycles. The predicted octanol–water partition coefficient (Wildman–Crippen LogP) is 1.61. The first-order valence-electron chi connectivity index (χ1n) is 7.56. The van der Waals surface area contributed by atoms with Crippen molar-refractivity contribution >= 4 is 5.78 Å². The van der Waals surface area contributed by atoms with Crippen LogP contribution in [0.1, 0.15) is 28.7 Å². The van der Waals surface area contributed by atoms with Gasteiger partial charge in [-0.1, -0.05) is 5.16 Å². The quantitative estimate of drug-likeness (QED) is 0.661. The minimum atomic E-state index is -0.713. The first-order chi connectivity index (χ1) is 11.5. The summed E-state index contributed by atoms with van der Waals surface area (Å²) in [5.74, 6) is -0.534. The van der Waals surface area contributed by atoms with E-state index >= 15 is 0 Å². The van der Waals surface area contributed by atoms with E-state index in [1.165, 1.54) is 12.4 Å². The number of hydrogen-bond acceptors (Lipinski definition) is 6. The molecule has 8 nitrogen and oxygen atoms in total. The SMILES string of the molecule is CCn1c(C)cc(C(=O)Cn2c(-c3ncccn3)noc2=O)c1C. The lowest BCUT2D eigenvalue weighted by Crippen LogP contribution is -2.22. The Balaban J connectivity index is 1.97. The highest BCUT2D eigenvalue weighted by Gasteiger charge is 2.21. The van der Waals surface area contributed by atoms with Gasteiger partial charge in [0.1, 0.15) is 0 Å². The minimum Gasteiger partial charge on any atom is -0.349 e. The number of ketones is 1. The van der Waals surface area contributed by atoms with Crippen molar-refractivity contribution in [2.45, 2.75) is 33.9 Å². The van der Waals surface area contributed by atoms with Gasteiger partial charge in [-0.2, -0.15) is 0 Å². The topological polar surface area (TPSA) is 95.8 Å². The molecule has 0 fully saturated rings. The summed E-state index contributed by atoms with van der Waals surface area (Å²) in [5.41, 5.74) is 2.46. The summed E-state index contributed by atoms with van der Waals surface area (Å²) < 4.78 is 7.88. The molecule has 0 aliphatic heterocycles. The van der Waals surface area contributed by atoms with E-state index in [1.54, 1.807) is 6.07 Å². The lowest BCUT2D eigenvalue weighted by molar-refractivity contribution is 0.0969. The van der Waals surface area contributed by atoms with Crippen LogP contribution in [0.4, 0.5) is 0 Å². The van der Waals surface area contributed by atoms with Crippen molar-refractivity contribution in [3.05, 3.63) is 52.0 Å². The van der Waals surface area contributed by atoms with E-state index in [1.807, 2.05) is 31.4 Å². The Hall–Kier alpha value is -3.03. The van der Waals surface area contributed by atoms with Crippen molar-refractivity contribution in [2.75, 3.05) is 0 Å². The van der Waals surface area contributed by atoms with Gasteiger partial charge in [-0.25, -0.2) is 19.3 Å². The van der Waals surface area contributed by atoms with Crippen LogP contribution in [0.3, 0.4) is 0 Å². The zero-order valence-electron chi connectivity index (χ0n) is 13.7. The molecule has 124 valence electrons. The van der Waals surface area contributed by atoms with E-state index in [0.29, 0.717) is 5.56 Å². The molecule has 0 bridgehead atoms. The van der Waals surface area contributed by atoms with Crippen LogP contribution in [0.25, 0.3) is 11.6 Å². The van der Waals surface area contributed by atoms with Gasteiger partial charge in [-0.3, -0.25) is 9.32 Å². The fraction of sp³-hybridized carbons (Fsp3) is 0.312. The Morgan fingerprint density at radius 1 is 1.21 bits per heavy atom. The van der Waals surface area contributed by atoms with Crippen LogP contribution in [0.2, 0.25) is 0 Å². The number of aromatic nitrogens is 5. The number of aryl methyl sites for hydroxylation is 1. The van der Waals surface area contributed by atoms with Gasteiger partial charge in [0.2, 0.25) is 5.82 Å². The Kier molecular flexibility index (Phi) is 4.11. The maximum absolute atomic E-state index is 12.7. The fourth-order valence-corrected chi connectivity index (χ4v) is 2.78. The molecule has 3 rings (SSSR count). The van der Waals surface area contributed by atoms with Crippen LogP contribution >= 0.6 is 0 Å². The monoisotopic (exact) mass is 327 g/mol. The van der Waals surface area contributed by atoms with E-state index in [2.05, 4.69) is 19.6 Å². The van der Waals surface area contributed by atoms with E-state index < -0.39 is 5.76 Å². The van der Waals surface area contributed by atoms with Crippen LogP contribution in [0, 0.1) is 13.8 Å². The minimum absolute atomic E-state index is 0.137. The van der Waals surface area contributed by atoms with Crippen molar-refractivity contribution in [2.24, 2.45) is 0 Å². The van der Waals surface area contributed by atoms with Crippen LogP contribution in [-0.4, -0.2) is 30.0 Å². The van der Waals surface area contributed by atoms with Crippen LogP contribution in [0.5, 0.6) is 0 Å². The predicted molar refractivity (Wildman–Crippen MR) is 85.7 cm³/mol. The van der Waals surface area contributed by atoms with Gasteiger partial charge in [0.05, 0.1) is 6.54 Å². The van der Waals surface area contributed by atoms with Crippen molar-refractivity contribution in [1.82, 2.24) is 24.3 Å². The third kappa shape index (κ3) is 2.66. The molecule has 0 aromatic carbocycles. The molecular weight excluding hydrogens is 310 g/mol. The Morgan fingerprint density at radius 2 is 1.92 bits per heavy atom. The summed E-state index contributed by atoms with van der Waals surface area (Å²) in [6.07, 6.45) is 3.06. The maximum Gasteiger partial charge on any atom is 0.442 e. The Bertz CT molecular complexity index is 937. The third-order valence-corrected chi connectivity index (χ3v) is 3.94. The average Bonchev–Trinajstić information content (AvgIpc) is 3.08. The second kappa shape index (κ2) is 6.23. The molecule has 0 saturated carbocycles. The maximum atomic E-state index is 12.7. The second-order valence-corrected chi connectivity index (χ2v) is 5.38. The smallest absolute Gasteiger partial charge is 0.349 e. The number of Topliss-reactive ketones (excluding diaryl/α,β-unsaturated/α-hetero) is 1. The molecule has 24 heavy (non-hydrogen) atoms. The third-order valence-electron chi connectivity index (χ3n) is 3.94. The summed E-state index contributed by atoms with van der Waals surface area (Å²) >= 11 is 0. The zero-order chi connectivity index (χ0) is 17.3. The number of nitrogens with zero attached hydrogens (tertiary/aromatic N) is 5. The standard InChI is InChI=1S/C16H17N5O3/c1-4-20-10(2)8-12(11(20)3)13(22)9-21-15(19-24-16(21)23)14-17-6-5-7-18-14/h5-8H,4,9H2,1-3H3. The molecule has 3 heterocycles. The molecule has 3 aromatic heterocycles. The number of hydrogen-bond donors (Lipinski definition) is 0. The van der Waals surface area contributed by atoms with Crippen molar-refractivity contribution < 1.29 is 9.32 Å². The average molecular weight is 327 g/mol. The number of rotatable bonds is 5. The van der Waals surface area contributed by atoms with Gasteiger partial charge >= 0.3 is 5.76 Å². The zero-order valence-corrected chi connectivity index (χ0v) is 13.7. The van der Waals surface area contributed by atoms with Crippen molar-refractivity contribution in [3.8, 4) is 11.6 Å². The van der Waals surface area contributed by atoms with E-state index in [9.17, 15) is 9.59 Å². The molecule has 0 radical (unpaired) electrons. The molecule has 3 aromatic rings. The lowest BCUT2D eigenvalue weighted by atomic mass is 10.1. The highest BCUT2D eigenvalue weighted by Crippen LogP contribution is 2.17. The van der Waals surface area contributed by atoms with Gasteiger partial charge in [0.25, 0.3) is 0 Å². The molecule has 0 aliphatic rings. The first-order valence-corrected chi connectivity index (χ1v) is 7.56. The summed E-state index contributed by atoms with van der Waals surface area (Å²) in [5, 5.41) is 3.69. The molecule has 0 aliphatic carbocycles. The van der Waals surface area contributed by atoms with Gasteiger partial charge in [-0.15, -0.1) is 0 Å². The number of carbonyl (C=O) groups excluding carboxylic acids is 1. The molecule has 0 amide bonds. The van der Waals surface area contributed by atoms with Gasteiger partial charge in [0, 0.05) is 35.9 Å².